The number of carbonyl (C=O) groups is 1. The Morgan fingerprint density at radius 2 is 1.41 bits per heavy atom. The molecule has 0 aliphatic heterocycles. The molecule has 0 bridgehead atoms. The third-order valence-electron chi connectivity index (χ3n) is 8.15. The van der Waals surface area contributed by atoms with Crippen LogP contribution in [0.2, 0.25) is 0 Å². The number of benzene rings is 2. The van der Waals surface area contributed by atoms with Crippen LogP contribution in [0.3, 0.4) is 0 Å². The van der Waals surface area contributed by atoms with Crippen LogP contribution in [-0.4, -0.2) is 44.0 Å². The monoisotopic (exact) mass is 655 g/mol. The van der Waals surface area contributed by atoms with Crippen molar-refractivity contribution in [3.05, 3.63) is 72.4 Å². The number of para-hydroxylation sites is 1. The minimum absolute atomic E-state index is 0.0186. The van der Waals surface area contributed by atoms with E-state index in [2.05, 4.69) is 41.2 Å². The number of methoxy groups -OCH3 is 1. The number of amides is 1. The van der Waals surface area contributed by atoms with E-state index in [-0.39, 0.29) is 13.2 Å². The molecule has 2 aromatic carbocycles. The van der Waals surface area contributed by atoms with Gasteiger partial charge in [0.2, 0.25) is 5.52 Å². The van der Waals surface area contributed by atoms with E-state index in [1.54, 1.807) is 0 Å². The molecular weight excluding hydrogens is 599 g/mol. The van der Waals surface area contributed by atoms with Crippen molar-refractivity contribution in [1.29, 1.82) is 0 Å². The highest BCUT2D eigenvalue weighted by Gasteiger charge is 2.17. The third kappa shape index (κ3) is 15.7. The van der Waals surface area contributed by atoms with Crippen LogP contribution >= 0.6 is 8.60 Å². The first-order valence-electron chi connectivity index (χ1n) is 17.3. The fourth-order valence-electron chi connectivity index (χ4n) is 5.39. The van der Waals surface area contributed by atoms with Crippen molar-refractivity contribution in [2.24, 2.45) is 0 Å². The molecule has 0 spiro atoms. The number of hydrogen-bond donors (Lipinski definition) is 2. The van der Waals surface area contributed by atoms with E-state index < -0.39 is 20.8 Å². The topological polar surface area (TPSA) is 90.1 Å². The minimum Gasteiger partial charge on any atom is -0.447 e. The number of carbonyl (C=O) groups excluding carboxylic acids is 1. The summed E-state index contributed by atoms with van der Waals surface area (Å²) < 4.78 is 23.8. The van der Waals surface area contributed by atoms with Crippen molar-refractivity contribution >= 4 is 25.6 Å². The maximum Gasteiger partial charge on any atom is 0.407 e. The van der Waals surface area contributed by atoms with Crippen LogP contribution in [0.15, 0.2) is 66.9 Å². The van der Waals surface area contributed by atoms with Crippen molar-refractivity contribution in [3.63, 3.8) is 0 Å². The number of nitrogens with one attached hydrogen (secondary N) is 1. The summed E-state index contributed by atoms with van der Waals surface area (Å²) in [5.74, 6) is 0.508. The fraction of sp³-hybridized carbons (Fsp3) is 0.568. The van der Waals surface area contributed by atoms with Crippen molar-refractivity contribution in [2.75, 3.05) is 26.9 Å². The summed E-state index contributed by atoms with van der Waals surface area (Å²) in [5.41, 5.74) is 2.27. The van der Waals surface area contributed by atoms with Gasteiger partial charge in [0, 0.05) is 36.7 Å². The number of hydrogen-bond acceptors (Lipinski definition) is 6. The van der Waals surface area contributed by atoms with E-state index in [1.807, 2.05) is 42.5 Å². The van der Waals surface area contributed by atoms with Crippen LogP contribution in [0.4, 0.5) is 4.79 Å². The van der Waals surface area contributed by atoms with Gasteiger partial charge in [0.05, 0.1) is 6.61 Å². The molecule has 8 nitrogen and oxygen atoms in total. The van der Waals surface area contributed by atoms with E-state index in [0.29, 0.717) is 18.8 Å². The summed E-state index contributed by atoms with van der Waals surface area (Å²) in [5, 5.41) is 3.99. The number of rotatable bonds is 25. The van der Waals surface area contributed by atoms with Gasteiger partial charge in [-0.3, -0.25) is 4.52 Å². The normalized spacial score (nSPS) is 12.6. The first-order chi connectivity index (χ1) is 22.6. The number of unbranched alkanes of at least 4 members (excludes halogenated alkanes) is 13. The second-order valence-corrected chi connectivity index (χ2v) is 12.9. The van der Waals surface area contributed by atoms with Gasteiger partial charge < -0.3 is 24.2 Å². The second-order valence-electron chi connectivity index (χ2n) is 11.9. The molecule has 1 heterocycles. The molecule has 0 aliphatic carbocycles. The van der Waals surface area contributed by atoms with Gasteiger partial charge in [-0.25, -0.2) is 4.79 Å². The molecule has 0 saturated heterocycles. The molecular formula is C37H56N2O6P+. The molecule has 9 heteroatoms. The van der Waals surface area contributed by atoms with Gasteiger partial charge >= 0.3 is 14.7 Å². The molecule has 0 aliphatic rings. The average molecular weight is 656 g/mol. The zero-order chi connectivity index (χ0) is 32.7. The Bertz CT molecular complexity index is 1220. The summed E-state index contributed by atoms with van der Waals surface area (Å²) in [7, 11) is -0.658. The Morgan fingerprint density at radius 3 is 2.07 bits per heavy atom. The number of alkyl carbamates (subject to hydrolysis) is 1. The zero-order valence-corrected chi connectivity index (χ0v) is 28.9. The van der Waals surface area contributed by atoms with Crippen molar-refractivity contribution in [1.82, 2.24) is 5.32 Å². The van der Waals surface area contributed by atoms with Gasteiger partial charge in [-0.1, -0.05) is 103 Å². The molecule has 1 aromatic heterocycles. The van der Waals surface area contributed by atoms with Gasteiger partial charge in [-0.2, -0.15) is 4.57 Å². The van der Waals surface area contributed by atoms with Gasteiger partial charge in [0.25, 0.3) is 0 Å². The summed E-state index contributed by atoms with van der Waals surface area (Å²) in [6, 6.07) is 20.0. The number of pyridine rings is 1. The molecule has 254 valence electrons. The molecule has 46 heavy (non-hydrogen) atoms. The molecule has 2 unspecified atom stereocenters. The highest BCUT2D eigenvalue weighted by atomic mass is 31.2. The number of fused-ring (bicyclic) bond motifs is 1. The summed E-state index contributed by atoms with van der Waals surface area (Å²) in [6.45, 7) is 3.63. The standard InChI is InChI=1S/C37H55N2O6P/c1-3-4-5-6-7-8-9-10-11-12-13-14-15-18-27-38-37(40)43-30-35(42-2)31-44-46(41)45-34-25-23-32(24-26-34)29-39-28-19-21-33-20-16-17-22-36(33)39/h16-17,19-26,28,35,41H,3-15,18,27,29-31H2,1-2H3/p+1. The molecule has 3 rings (SSSR count). The SMILES string of the molecule is CCCCCCCCCCCCCCCCNC(=O)OCC(COP(O)Oc1ccc(C[n+]2cccc3ccccc32)cc1)OC. The third-order valence-corrected chi connectivity index (χ3v) is 8.89. The Morgan fingerprint density at radius 1 is 0.804 bits per heavy atom. The maximum absolute atomic E-state index is 12.1. The molecule has 1 amide bonds. The Hall–Kier alpha value is -2.77. The van der Waals surface area contributed by atoms with Gasteiger partial charge in [0.1, 0.15) is 18.5 Å². The predicted octanol–water partition coefficient (Wildman–Crippen LogP) is 9.01. The maximum atomic E-state index is 12.1. The van der Waals surface area contributed by atoms with Gasteiger partial charge in [-0.05, 0) is 42.8 Å². The van der Waals surface area contributed by atoms with Crippen LogP contribution in [-0.2, 0) is 20.5 Å². The number of ether oxygens (including phenoxy) is 2. The van der Waals surface area contributed by atoms with E-state index in [4.69, 9.17) is 18.5 Å². The van der Waals surface area contributed by atoms with Gasteiger partial charge in [0.15, 0.2) is 12.7 Å². The smallest absolute Gasteiger partial charge is 0.407 e. The fourth-order valence-corrected chi connectivity index (χ4v) is 6.04. The lowest BCUT2D eigenvalue weighted by Crippen LogP contribution is -2.34. The summed E-state index contributed by atoms with van der Waals surface area (Å²) in [6.07, 6.45) is 19.3. The first-order valence-corrected chi connectivity index (χ1v) is 18.4. The van der Waals surface area contributed by atoms with Crippen molar-refractivity contribution in [3.8, 4) is 5.75 Å². The van der Waals surface area contributed by atoms with E-state index in [9.17, 15) is 9.69 Å². The summed E-state index contributed by atoms with van der Waals surface area (Å²) in [4.78, 5) is 22.4. The van der Waals surface area contributed by atoms with Crippen LogP contribution < -0.4 is 14.4 Å². The van der Waals surface area contributed by atoms with Crippen molar-refractivity contribution in [2.45, 2.75) is 109 Å². The Labute approximate surface area is 277 Å². The second kappa shape index (κ2) is 23.5. The minimum atomic E-state index is -2.17. The van der Waals surface area contributed by atoms with Crippen LogP contribution in [0.25, 0.3) is 10.9 Å². The number of nitrogens with zero attached hydrogens (tertiary/aromatic N) is 1. The van der Waals surface area contributed by atoms with Gasteiger partial charge in [-0.15, -0.1) is 0 Å². The van der Waals surface area contributed by atoms with E-state index in [1.165, 1.54) is 89.5 Å². The van der Waals surface area contributed by atoms with Crippen LogP contribution in [0.1, 0.15) is 102 Å². The average Bonchev–Trinajstić information content (AvgIpc) is 3.07. The Kier molecular flexibility index (Phi) is 19.3. The summed E-state index contributed by atoms with van der Waals surface area (Å²) >= 11 is 0. The highest BCUT2D eigenvalue weighted by Crippen LogP contribution is 2.35. The quantitative estimate of drug-likeness (QED) is 0.0538. The molecule has 0 fully saturated rings. The molecule has 2 atom stereocenters. The van der Waals surface area contributed by atoms with Crippen LogP contribution in [0.5, 0.6) is 5.75 Å². The molecule has 3 aromatic rings. The lowest BCUT2D eigenvalue weighted by atomic mass is 10.0. The Balaban J connectivity index is 1.19. The van der Waals surface area contributed by atoms with Crippen LogP contribution in [0, 0.1) is 0 Å². The molecule has 0 radical (unpaired) electrons. The molecule has 0 saturated carbocycles. The lowest BCUT2D eigenvalue weighted by Gasteiger charge is -2.18. The largest absolute Gasteiger partial charge is 0.447 e. The van der Waals surface area contributed by atoms with Crippen molar-refractivity contribution < 1.29 is 32.8 Å². The highest BCUT2D eigenvalue weighted by molar-refractivity contribution is 7.41. The first kappa shape index (κ1) is 37.7. The number of aromatic nitrogens is 1. The molecule has 2 N–H and O–H groups in total. The van der Waals surface area contributed by atoms with E-state index in [0.717, 1.165) is 23.9 Å². The zero-order valence-electron chi connectivity index (χ0n) is 28.0. The predicted molar refractivity (Wildman–Crippen MR) is 186 cm³/mol. The lowest BCUT2D eigenvalue weighted by molar-refractivity contribution is -0.662. The van der Waals surface area contributed by atoms with E-state index >= 15 is 0 Å².